The summed E-state index contributed by atoms with van der Waals surface area (Å²) in [5.41, 5.74) is 0. The van der Waals surface area contributed by atoms with Crippen molar-refractivity contribution in [3.05, 3.63) is 0 Å². The van der Waals surface area contributed by atoms with Gasteiger partial charge in [-0.25, -0.2) is 0 Å². The lowest BCUT2D eigenvalue weighted by Gasteiger charge is -2.36. The lowest BCUT2D eigenvalue weighted by molar-refractivity contribution is -0.156. The predicted molar refractivity (Wildman–Crippen MR) is 80.0 cm³/mol. The van der Waals surface area contributed by atoms with Gasteiger partial charge in [-0.2, -0.15) is 0 Å². The number of hydrogen-bond donors (Lipinski definition) is 0. The van der Waals surface area contributed by atoms with E-state index >= 15 is 0 Å². The standard InChI is InChI=1S/C15H30O2Si/c1-4-12(5-2)15(18,6-3)14(16)17-13-10-8-7-9-11-13/h12-13H,4-11H2,1-3,18H3. The molecule has 1 unspecified atom stereocenters. The van der Waals surface area contributed by atoms with E-state index in [1.54, 1.807) is 0 Å². The van der Waals surface area contributed by atoms with Crippen molar-refractivity contribution in [1.82, 2.24) is 0 Å². The number of carbonyl (C=O) groups excluding carboxylic acids is 1. The Morgan fingerprint density at radius 2 is 1.78 bits per heavy atom. The van der Waals surface area contributed by atoms with Crippen LogP contribution in [0.2, 0.25) is 5.04 Å². The number of ether oxygens (including phenoxy) is 1. The van der Waals surface area contributed by atoms with Gasteiger partial charge in [0, 0.05) is 10.2 Å². The molecule has 1 aliphatic rings. The van der Waals surface area contributed by atoms with E-state index < -0.39 is 0 Å². The van der Waals surface area contributed by atoms with Gasteiger partial charge in [-0.15, -0.1) is 0 Å². The van der Waals surface area contributed by atoms with Crippen LogP contribution in [0.25, 0.3) is 0 Å². The Bertz CT molecular complexity index is 257. The van der Waals surface area contributed by atoms with Gasteiger partial charge in [-0.3, -0.25) is 4.79 Å². The molecule has 0 amide bonds. The molecule has 0 heterocycles. The van der Waals surface area contributed by atoms with Gasteiger partial charge in [-0.1, -0.05) is 40.0 Å². The zero-order valence-corrected chi connectivity index (χ0v) is 14.6. The fraction of sp³-hybridized carbons (Fsp3) is 0.933. The van der Waals surface area contributed by atoms with Crippen molar-refractivity contribution in [1.29, 1.82) is 0 Å². The summed E-state index contributed by atoms with van der Waals surface area (Å²) in [5.74, 6) is 0.613. The molecule has 1 rings (SSSR count). The van der Waals surface area contributed by atoms with E-state index in [4.69, 9.17) is 4.74 Å². The molecule has 0 radical (unpaired) electrons. The first-order chi connectivity index (χ1) is 8.58. The van der Waals surface area contributed by atoms with Crippen LogP contribution in [-0.4, -0.2) is 22.3 Å². The lowest BCUT2D eigenvalue weighted by atomic mass is 9.84. The molecule has 1 aliphatic carbocycles. The predicted octanol–water partition coefficient (Wildman–Crippen LogP) is 3.23. The highest BCUT2D eigenvalue weighted by atomic mass is 28.1. The molecule has 1 atom stereocenters. The Kier molecular flexibility index (Phi) is 6.40. The Hall–Kier alpha value is -0.313. The molecule has 0 aliphatic heterocycles. The average Bonchev–Trinajstić information content (AvgIpc) is 2.40. The summed E-state index contributed by atoms with van der Waals surface area (Å²) in [4.78, 5) is 12.5. The number of rotatable bonds is 6. The monoisotopic (exact) mass is 270 g/mol. The second-order valence-corrected chi connectivity index (χ2v) is 7.73. The van der Waals surface area contributed by atoms with Crippen LogP contribution in [0.5, 0.6) is 0 Å². The minimum Gasteiger partial charge on any atom is -0.462 e. The van der Waals surface area contributed by atoms with Gasteiger partial charge >= 0.3 is 5.97 Å². The zero-order valence-electron chi connectivity index (χ0n) is 12.6. The van der Waals surface area contributed by atoms with Crippen LogP contribution < -0.4 is 0 Å². The molecule has 0 aromatic heterocycles. The fourth-order valence-corrected chi connectivity index (χ4v) is 4.19. The Morgan fingerprint density at radius 1 is 1.22 bits per heavy atom. The highest BCUT2D eigenvalue weighted by Gasteiger charge is 2.40. The summed E-state index contributed by atoms with van der Waals surface area (Å²) >= 11 is 0. The van der Waals surface area contributed by atoms with Crippen molar-refractivity contribution < 1.29 is 9.53 Å². The normalized spacial score (nSPS) is 20.9. The van der Waals surface area contributed by atoms with Crippen LogP contribution >= 0.6 is 0 Å². The van der Waals surface area contributed by atoms with Crippen molar-refractivity contribution in [2.75, 3.05) is 0 Å². The highest BCUT2D eigenvalue weighted by molar-refractivity contribution is 6.27. The maximum Gasteiger partial charge on any atom is 0.308 e. The van der Waals surface area contributed by atoms with Gasteiger partial charge in [0.05, 0.1) is 5.04 Å². The van der Waals surface area contributed by atoms with Gasteiger partial charge in [-0.05, 0) is 38.0 Å². The summed E-state index contributed by atoms with van der Waals surface area (Å²) < 4.78 is 5.83. The molecular formula is C15H30O2Si. The number of carbonyl (C=O) groups is 1. The van der Waals surface area contributed by atoms with Crippen LogP contribution in [0.1, 0.15) is 72.1 Å². The van der Waals surface area contributed by atoms with Crippen LogP contribution in [0.3, 0.4) is 0 Å². The SMILES string of the molecule is CCC(CC)C([SiH3])(CC)C(=O)OC1CCCCC1. The van der Waals surface area contributed by atoms with E-state index in [0.29, 0.717) is 5.92 Å². The fourth-order valence-electron chi connectivity index (χ4n) is 3.26. The van der Waals surface area contributed by atoms with Crippen molar-refractivity contribution in [2.24, 2.45) is 5.92 Å². The van der Waals surface area contributed by atoms with Crippen molar-refractivity contribution >= 4 is 16.2 Å². The molecule has 1 fully saturated rings. The molecule has 1 saturated carbocycles. The number of esters is 1. The van der Waals surface area contributed by atoms with Crippen molar-refractivity contribution in [2.45, 2.75) is 83.3 Å². The van der Waals surface area contributed by atoms with Gasteiger partial charge in [0.2, 0.25) is 0 Å². The quantitative estimate of drug-likeness (QED) is 0.547. The highest BCUT2D eigenvalue weighted by Crippen LogP contribution is 2.42. The molecule has 3 heteroatoms. The second kappa shape index (κ2) is 7.32. The Balaban J connectivity index is 2.65. The largest absolute Gasteiger partial charge is 0.462 e. The van der Waals surface area contributed by atoms with E-state index in [9.17, 15) is 4.79 Å². The second-order valence-electron chi connectivity index (χ2n) is 5.95. The summed E-state index contributed by atoms with van der Waals surface area (Å²) in [6.45, 7) is 6.54. The first kappa shape index (κ1) is 15.7. The molecule has 18 heavy (non-hydrogen) atoms. The molecule has 0 N–H and O–H groups in total. The van der Waals surface area contributed by atoms with Gasteiger partial charge < -0.3 is 4.74 Å². The van der Waals surface area contributed by atoms with Crippen molar-refractivity contribution in [3.8, 4) is 0 Å². The number of hydrogen-bond acceptors (Lipinski definition) is 2. The van der Waals surface area contributed by atoms with E-state index in [0.717, 1.165) is 42.3 Å². The minimum atomic E-state index is -0.152. The zero-order chi connectivity index (χ0) is 13.6. The smallest absolute Gasteiger partial charge is 0.308 e. The summed E-state index contributed by atoms with van der Waals surface area (Å²) in [5, 5.41) is -0.152. The van der Waals surface area contributed by atoms with Crippen LogP contribution in [0.4, 0.5) is 0 Å². The summed E-state index contributed by atoms with van der Waals surface area (Å²) in [6.07, 6.45) is 9.25. The van der Waals surface area contributed by atoms with Gasteiger partial charge in [0.15, 0.2) is 0 Å². The lowest BCUT2D eigenvalue weighted by Crippen LogP contribution is -2.36. The maximum absolute atomic E-state index is 12.5. The molecule has 0 aromatic rings. The molecule has 2 nitrogen and oxygen atoms in total. The Labute approximate surface area is 115 Å². The third kappa shape index (κ3) is 3.59. The topological polar surface area (TPSA) is 26.3 Å². The summed E-state index contributed by atoms with van der Waals surface area (Å²) in [7, 11) is 0.911. The van der Waals surface area contributed by atoms with E-state index in [2.05, 4.69) is 20.8 Å². The van der Waals surface area contributed by atoms with Crippen LogP contribution in [0, 0.1) is 5.92 Å². The molecule has 0 spiro atoms. The van der Waals surface area contributed by atoms with Crippen LogP contribution in [-0.2, 0) is 9.53 Å². The van der Waals surface area contributed by atoms with Gasteiger partial charge in [0.1, 0.15) is 6.10 Å². The molecule has 0 saturated heterocycles. The van der Waals surface area contributed by atoms with Gasteiger partial charge in [0.25, 0.3) is 0 Å². The minimum absolute atomic E-state index is 0.109. The van der Waals surface area contributed by atoms with E-state index in [-0.39, 0.29) is 17.1 Å². The molecule has 0 bridgehead atoms. The average molecular weight is 270 g/mol. The van der Waals surface area contributed by atoms with Crippen molar-refractivity contribution in [3.63, 3.8) is 0 Å². The van der Waals surface area contributed by atoms with E-state index in [1.165, 1.54) is 19.3 Å². The molecular weight excluding hydrogens is 240 g/mol. The molecule has 106 valence electrons. The third-order valence-electron chi connectivity index (χ3n) is 4.91. The first-order valence-electron chi connectivity index (χ1n) is 7.79. The Morgan fingerprint density at radius 3 is 2.22 bits per heavy atom. The van der Waals surface area contributed by atoms with E-state index in [1.807, 2.05) is 0 Å². The summed E-state index contributed by atoms with van der Waals surface area (Å²) in [6, 6.07) is 0. The third-order valence-corrected chi connectivity index (χ3v) is 6.85. The maximum atomic E-state index is 12.5. The van der Waals surface area contributed by atoms with Crippen LogP contribution in [0.15, 0.2) is 0 Å². The molecule has 0 aromatic carbocycles. The first-order valence-corrected chi connectivity index (χ1v) is 8.79.